The van der Waals surface area contributed by atoms with Crippen LogP contribution in [-0.4, -0.2) is 65.5 Å². The number of benzene rings is 2. The molecule has 5 rings (SSSR count). The molecule has 0 aliphatic carbocycles. The number of carbonyl (C=O) groups excluding carboxylic acids is 1. The molecule has 0 N–H and O–H groups in total. The standard InChI is InChI=1S/C26H26F2N4O3S/c1-4-21(33)30-7-9-31(10-8-30)25-19-11-15(2)22(18-6-5-16(27)12-20(18)28)24-23(19)32(26(34)29-25)13-17(35-3)14-36-24/h4-6,11-12,17H,1,7-10,13-14H2,2-3H3/t17-/m0/s1. The summed E-state index contributed by atoms with van der Waals surface area (Å²) in [5, 5.41) is 0.779. The average molecular weight is 513 g/mol. The molecule has 2 aliphatic rings. The van der Waals surface area contributed by atoms with Crippen LogP contribution in [0.4, 0.5) is 14.6 Å². The number of amides is 1. The molecule has 1 aromatic heterocycles. The van der Waals surface area contributed by atoms with Crippen LogP contribution in [0, 0.1) is 18.6 Å². The van der Waals surface area contributed by atoms with Crippen LogP contribution in [0.15, 0.2) is 46.6 Å². The maximum atomic E-state index is 15.0. The number of methoxy groups -OCH3 is 1. The molecular formula is C26H26F2N4O3S. The van der Waals surface area contributed by atoms with Gasteiger partial charge >= 0.3 is 5.69 Å². The van der Waals surface area contributed by atoms with Crippen LogP contribution in [0.1, 0.15) is 5.56 Å². The Morgan fingerprint density at radius 2 is 1.97 bits per heavy atom. The van der Waals surface area contributed by atoms with E-state index in [1.165, 1.54) is 30.0 Å². The number of aryl methyl sites for hydroxylation is 1. The maximum Gasteiger partial charge on any atom is 0.350 e. The van der Waals surface area contributed by atoms with Gasteiger partial charge in [0, 0.05) is 66.5 Å². The van der Waals surface area contributed by atoms with Crippen molar-refractivity contribution in [2.75, 3.05) is 43.9 Å². The lowest BCUT2D eigenvalue weighted by molar-refractivity contribution is -0.126. The summed E-state index contributed by atoms with van der Waals surface area (Å²) in [5.41, 5.74) is 1.96. The van der Waals surface area contributed by atoms with Gasteiger partial charge in [0.15, 0.2) is 0 Å². The Kier molecular flexibility index (Phi) is 6.57. The highest BCUT2D eigenvalue weighted by atomic mass is 32.2. The Morgan fingerprint density at radius 3 is 2.64 bits per heavy atom. The lowest BCUT2D eigenvalue weighted by Crippen LogP contribution is -2.49. The van der Waals surface area contributed by atoms with E-state index in [9.17, 15) is 18.4 Å². The second-order valence-electron chi connectivity index (χ2n) is 8.93. The Morgan fingerprint density at radius 1 is 1.22 bits per heavy atom. The minimum atomic E-state index is -0.659. The van der Waals surface area contributed by atoms with Gasteiger partial charge < -0.3 is 14.5 Å². The van der Waals surface area contributed by atoms with E-state index in [4.69, 9.17) is 4.74 Å². The number of hydrogen-bond donors (Lipinski definition) is 0. The first-order valence-corrected chi connectivity index (χ1v) is 12.7. The number of halogens is 2. The quantitative estimate of drug-likeness (QED) is 0.498. The summed E-state index contributed by atoms with van der Waals surface area (Å²) in [5.74, 6) is -0.328. The van der Waals surface area contributed by atoms with Crippen molar-refractivity contribution < 1.29 is 18.3 Å². The molecule has 10 heteroatoms. The first-order valence-electron chi connectivity index (χ1n) is 11.7. The number of aromatic nitrogens is 2. The SMILES string of the molecule is C=CC(=O)N1CCN(c2nc(=O)n3c4c(c(-c5ccc(F)cc5F)c(C)cc24)SC[C@@H](OC)C3)CC1. The Labute approximate surface area is 211 Å². The molecule has 0 bridgehead atoms. The van der Waals surface area contributed by atoms with Crippen molar-refractivity contribution in [3.05, 3.63) is 64.6 Å². The number of carbonyl (C=O) groups is 1. The van der Waals surface area contributed by atoms with E-state index in [1.54, 1.807) is 16.6 Å². The zero-order valence-electron chi connectivity index (χ0n) is 20.1. The lowest BCUT2D eigenvalue weighted by Gasteiger charge is -2.35. The molecule has 1 fully saturated rings. The van der Waals surface area contributed by atoms with Crippen LogP contribution in [0.2, 0.25) is 0 Å². The van der Waals surface area contributed by atoms with Gasteiger partial charge in [-0.05, 0) is 36.8 Å². The Balaban J connectivity index is 1.72. The molecular weight excluding hydrogens is 486 g/mol. The van der Waals surface area contributed by atoms with Gasteiger partial charge in [-0.25, -0.2) is 13.6 Å². The van der Waals surface area contributed by atoms with E-state index in [2.05, 4.69) is 11.6 Å². The summed E-state index contributed by atoms with van der Waals surface area (Å²) in [6.07, 6.45) is 1.06. The predicted molar refractivity (Wildman–Crippen MR) is 137 cm³/mol. The van der Waals surface area contributed by atoms with Crippen molar-refractivity contribution in [3.63, 3.8) is 0 Å². The van der Waals surface area contributed by atoms with Gasteiger partial charge in [0.25, 0.3) is 0 Å². The first kappa shape index (κ1) is 24.5. The molecule has 0 saturated carbocycles. The second-order valence-corrected chi connectivity index (χ2v) is 9.96. The van der Waals surface area contributed by atoms with Crippen molar-refractivity contribution in [1.82, 2.24) is 14.5 Å². The van der Waals surface area contributed by atoms with Gasteiger partial charge in [-0.1, -0.05) is 6.58 Å². The summed E-state index contributed by atoms with van der Waals surface area (Å²) >= 11 is 1.50. The normalized spacial score (nSPS) is 17.8. The van der Waals surface area contributed by atoms with Crippen LogP contribution in [0.3, 0.4) is 0 Å². The number of thioether (sulfide) groups is 1. The van der Waals surface area contributed by atoms with Crippen LogP contribution in [-0.2, 0) is 16.1 Å². The van der Waals surface area contributed by atoms with Gasteiger partial charge in [-0.3, -0.25) is 9.36 Å². The highest BCUT2D eigenvalue weighted by molar-refractivity contribution is 7.99. The maximum absolute atomic E-state index is 15.0. The molecule has 0 radical (unpaired) electrons. The zero-order chi connectivity index (χ0) is 25.6. The summed E-state index contributed by atoms with van der Waals surface area (Å²) < 4.78 is 35.9. The molecule has 1 amide bonds. The molecule has 3 heterocycles. The molecule has 7 nitrogen and oxygen atoms in total. The third kappa shape index (κ3) is 4.18. The number of anilines is 1. The van der Waals surface area contributed by atoms with E-state index in [0.29, 0.717) is 55.4 Å². The zero-order valence-corrected chi connectivity index (χ0v) is 20.9. The van der Waals surface area contributed by atoms with Gasteiger partial charge in [0.05, 0.1) is 18.2 Å². The van der Waals surface area contributed by atoms with Gasteiger partial charge in [0.1, 0.15) is 17.5 Å². The third-order valence-electron chi connectivity index (χ3n) is 6.79. The average Bonchev–Trinajstić information content (AvgIpc) is 3.07. The molecule has 0 unspecified atom stereocenters. The van der Waals surface area contributed by atoms with E-state index >= 15 is 0 Å². The molecule has 3 aromatic rings. The van der Waals surface area contributed by atoms with Crippen molar-refractivity contribution in [2.24, 2.45) is 0 Å². The molecule has 0 spiro atoms. The minimum absolute atomic E-state index is 0.125. The summed E-state index contributed by atoms with van der Waals surface area (Å²) in [7, 11) is 1.60. The summed E-state index contributed by atoms with van der Waals surface area (Å²) in [4.78, 5) is 34.3. The Hall–Kier alpha value is -3.24. The Bertz CT molecular complexity index is 1430. The first-order chi connectivity index (χ1) is 17.3. The van der Waals surface area contributed by atoms with Crippen LogP contribution in [0.5, 0.6) is 0 Å². The van der Waals surface area contributed by atoms with Crippen molar-refractivity contribution in [1.29, 1.82) is 0 Å². The monoisotopic (exact) mass is 512 g/mol. The lowest BCUT2D eigenvalue weighted by atomic mass is 9.97. The fraction of sp³-hybridized carbons (Fsp3) is 0.346. The predicted octanol–water partition coefficient (Wildman–Crippen LogP) is 3.61. The topological polar surface area (TPSA) is 67.7 Å². The van der Waals surface area contributed by atoms with Crippen LogP contribution >= 0.6 is 11.8 Å². The molecule has 1 atom stereocenters. The highest BCUT2D eigenvalue weighted by Gasteiger charge is 2.29. The van der Waals surface area contributed by atoms with Crippen molar-refractivity contribution in [3.8, 4) is 11.1 Å². The second kappa shape index (κ2) is 9.67. The highest BCUT2D eigenvalue weighted by Crippen LogP contribution is 2.44. The summed E-state index contributed by atoms with van der Waals surface area (Å²) in [6, 6.07) is 5.47. The number of rotatable bonds is 4. The molecule has 1 saturated heterocycles. The fourth-order valence-electron chi connectivity index (χ4n) is 4.94. The van der Waals surface area contributed by atoms with E-state index < -0.39 is 17.3 Å². The number of nitrogens with zero attached hydrogens (tertiary/aromatic N) is 4. The van der Waals surface area contributed by atoms with Gasteiger partial charge in [-0.15, -0.1) is 11.8 Å². The molecule has 2 aromatic carbocycles. The summed E-state index contributed by atoms with van der Waals surface area (Å²) in [6.45, 7) is 7.76. The van der Waals surface area contributed by atoms with Crippen molar-refractivity contribution >= 4 is 34.4 Å². The number of piperazine rings is 1. The third-order valence-corrected chi connectivity index (χ3v) is 8.02. The van der Waals surface area contributed by atoms with Crippen molar-refractivity contribution in [2.45, 2.75) is 24.5 Å². The largest absolute Gasteiger partial charge is 0.379 e. The number of hydrogen-bond acceptors (Lipinski definition) is 6. The van der Waals surface area contributed by atoms with E-state index in [0.717, 1.165) is 21.9 Å². The van der Waals surface area contributed by atoms with Crippen LogP contribution < -0.4 is 10.6 Å². The van der Waals surface area contributed by atoms with Crippen LogP contribution in [0.25, 0.3) is 22.0 Å². The van der Waals surface area contributed by atoms with E-state index in [1.807, 2.05) is 17.9 Å². The smallest absolute Gasteiger partial charge is 0.350 e. The number of ether oxygens (including phenoxy) is 1. The molecule has 36 heavy (non-hydrogen) atoms. The molecule has 188 valence electrons. The fourth-order valence-corrected chi connectivity index (χ4v) is 6.31. The minimum Gasteiger partial charge on any atom is -0.379 e. The molecule has 2 aliphatic heterocycles. The van der Waals surface area contributed by atoms with Gasteiger partial charge in [-0.2, -0.15) is 4.98 Å². The van der Waals surface area contributed by atoms with E-state index in [-0.39, 0.29) is 17.6 Å². The van der Waals surface area contributed by atoms with Gasteiger partial charge in [0.2, 0.25) is 5.91 Å².